The lowest BCUT2D eigenvalue weighted by molar-refractivity contribution is 0.186. The molecule has 0 saturated carbocycles. The van der Waals surface area contributed by atoms with Crippen LogP contribution in [0, 0.1) is 0 Å². The molecule has 0 spiro atoms. The second kappa shape index (κ2) is 3.95. The Labute approximate surface area is 90.3 Å². The van der Waals surface area contributed by atoms with Crippen molar-refractivity contribution in [2.24, 2.45) is 0 Å². The number of nitrogens with zero attached hydrogens (tertiary/aromatic N) is 1. The van der Waals surface area contributed by atoms with Gasteiger partial charge in [0.15, 0.2) is 0 Å². The van der Waals surface area contributed by atoms with Crippen molar-refractivity contribution in [3.8, 4) is 0 Å². The van der Waals surface area contributed by atoms with Crippen molar-refractivity contribution in [1.82, 2.24) is 4.98 Å². The molecule has 0 N–H and O–H groups in total. The minimum absolute atomic E-state index is 0.391. The van der Waals surface area contributed by atoms with Crippen LogP contribution in [0.25, 0.3) is 10.9 Å². The minimum atomic E-state index is -1.82. The highest BCUT2D eigenvalue weighted by Crippen LogP contribution is 2.19. The first-order valence-corrected chi connectivity index (χ1v) is 4.53. The second-order valence-electron chi connectivity index (χ2n) is 2.81. The molecule has 0 bridgehead atoms. The maximum absolute atomic E-state index is 7.74. The summed E-state index contributed by atoms with van der Waals surface area (Å²) >= 11 is 5.78. The van der Waals surface area contributed by atoms with Crippen LogP contribution in [0.4, 0.5) is 0 Å². The van der Waals surface area contributed by atoms with Crippen molar-refractivity contribution in [2.75, 3.05) is 7.11 Å². The predicted molar refractivity (Wildman–Crippen MR) is 57.5 cm³/mol. The molecule has 2 rings (SSSR count). The van der Waals surface area contributed by atoms with E-state index >= 15 is 0 Å². The first-order chi connectivity index (χ1) is 7.54. The summed E-state index contributed by atoms with van der Waals surface area (Å²) in [7, 11) is 1.34. The van der Waals surface area contributed by atoms with Gasteiger partial charge in [-0.05, 0) is 23.8 Å². The molecule has 0 fully saturated rings. The monoisotopic (exact) mass is 209 g/mol. The molecule has 0 aliphatic heterocycles. The molecule has 0 atom stereocenters. The topological polar surface area (TPSA) is 22.1 Å². The van der Waals surface area contributed by atoms with E-state index < -0.39 is 6.56 Å². The Balaban J connectivity index is 2.72. The zero-order valence-corrected chi connectivity index (χ0v) is 8.38. The Kier molecular flexibility index (Phi) is 2.03. The van der Waals surface area contributed by atoms with Crippen molar-refractivity contribution in [3.05, 3.63) is 41.0 Å². The molecule has 1 aromatic heterocycles. The quantitative estimate of drug-likeness (QED) is 0.710. The number of fused-ring (bicyclic) bond motifs is 1. The summed E-state index contributed by atoms with van der Waals surface area (Å²) in [5, 5.41) is 1.10. The fourth-order valence-corrected chi connectivity index (χ4v) is 1.48. The maximum Gasteiger partial charge on any atom is 0.129 e. The number of halogens is 1. The van der Waals surface area contributed by atoms with E-state index in [4.69, 9.17) is 19.1 Å². The smallest absolute Gasteiger partial charge is 0.129 e. The summed E-state index contributed by atoms with van der Waals surface area (Å²) in [5.41, 5.74) is 1.11. The molecule has 2 nitrogen and oxygen atoms in total. The van der Waals surface area contributed by atoms with Crippen LogP contribution in [0.15, 0.2) is 30.3 Å². The standard InChI is InChI=1S/C11H10ClNO/c1-14-7-8-3-2-4-10-9(8)5-6-11(12)13-10/h2-6H,7H2,1H3/i7D2. The molecule has 0 unspecified atom stereocenters. The minimum Gasteiger partial charge on any atom is -0.380 e. The maximum atomic E-state index is 7.74. The molecular weight excluding hydrogens is 198 g/mol. The lowest BCUT2D eigenvalue weighted by Crippen LogP contribution is -1.90. The average Bonchev–Trinajstić information content (AvgIpc) is 2.27. The number of hydrogen-bond donors (Lipinski definition) is 0. The number of aromatic nitrogens is 1. The molecule has 0 saturated heterocycles. The van der Waals surface area contributed by atoms with E-state index in [1.165, 1.54) is 7.11 Å². The Morgan fingerprint density at radius 1 is 1.43 bits per heavy atom. The van der Waals surface area contributed by atoms with Crippen molar-refractivity contribution < 1.29 is 7.48 Å². The van der Waals surface area contributed by atoms with Gasteiger partial charge >= 0.3 is 0 Å². The average molecular weight is 210 g/mol. The number of ether oxygens (including phenoxy) is 1. The van der Waals surface area contributed by atoms with Crippen molar-refractivity contribution >= 4 is 22.5 Å². The van der Waals surface area contributed by atoms with Gasteiger partial charge < -0.3 is 4.74 Å². The molecule has 3 heteroatoms. The van der Waals surface area contributed by atoms with Gasteiger partial charge in [0.1, 0.15) is 5.15 Å². The van der Waals surface area contributed by atoms with Crippen LogP contribution in [0.2, 0.25) is 5.15 Å². The molecule has 14 heavy (non-hydrogen) atoms. The molecule has 0 amide bonds. The largest absolute Gasteiger partial charge is 0.380 e. The van der Waals surface area contributed by atoms with E-state index in [1.807, 2.05) is 0 Å². The van der Waals surface area contributed by atoms with Crippen LogP contribution >= 0.6 is 11.6 Å². The Hall–Kier alpha value is -1.12. The molecule has 2 aromatic rings. The highest BCUT2D eigenvalue weighted by molar-refractivity contribution is 6.29. The predicted octanol–water partition coefficient (Wildman–Crippen LogP) is 3.03. The third kappa shape index (κ3) is 1.72. The number of hydrogen-bond acceptors (Lipinski definition) is 2. The van der Waals surface area contributed by atoms with E-state index in [0.29, 0.717) is 21.6 Å². The third-order valence-electron chi connectivity index (χ3n) is 1.91. The first kappa shape index (κ1) is 7.21. The summed E-state index contributed by atoms with van der Waals surface area (Å²) in [6, 6.07) is 8.59. The van der Waals surface area contributed by atoms with E-state index in [-0.39, 0.29) is 0 Å². The Morgan fingerprint density at radius 2 is 2.29 bits per heavy atom. The Bertz CT molecular complexity index is 530. The van der Waals surface area contributed by atoms with Gasteiger partial charge in [0.05, 0.1) is 14.8 Å². The zero-order valence-electron chi connectivity index (χ0n) is 9.62. The number of rotatable bonds is 2. The van der Waals surface area contributed by atoms with E-state index in [1.54, 1.807) is 30.3 Å². The van der Waals surface area contributed by atoms with Gasteiger partial charge in [-0.1, -0.05) is 23.7 Å². The van der Waals surface area contributed by atoms with Crippen LogP contribution in [-0.2, 0) is 11.3 Å². The SMILES string of the molecule is [2H]C([2H])(OC)c1cccc2nc(Cl)ccc12. The second-order valence-corrected chi connectivity index (χ2v) is 3.20. The van der Waals surface area contributed by atoms with Crippen LogP contribution in [0.1, 0.15) is 8.30 Å². The third-order valence-corrected chi connectivity index (χ3v) is 2.12. The summed E-state index contributed by atoms with van der Waals surface area (Å²) < 4.78 is 20.3. The lowest BCUT2D eigenvalue weighted by atomic mass is 10.1. The first-order valence-electron chi connectivity index (χ1n) is 5.15. The van der Waals surface area contributed by atoms with E-state index in [2.05, 4.69) is 4.98 Å². The number of pyridine rings is 1. The Morgan fingerprint density at radius 3 is 3.07 bits per heavy atom. The molecule has 0 radical (unpaired) electrons. The molecule has 1 aromatic carbocycles. The highest BCUT2D eigenvalue weighted by Gasteiger charge is 2.01. The molecular formula is C11H10ClNO. The lowest BCUT2D eigenvalue weighted by Gasteiger charge is -2.04. The number of methoxy groups -OCH3 is 1. The molecule has 0 aliphatic carbocycles. The van der Waals surface area contributed by atoms with Gasteiger partial charge in [-0.15, -0.1) is 0 Å². The number of benzene rings is 1. The van der Waals surface area contributed by atoms with Gasteiger partial charge in [-0.3, -0.25) is 0 Å². The summed E-state index contributed by atoms with van der Waals surface area (Å²) in [4.78, 5) is 4.13. The van der Waals surface area contributed by atoms with Crippen LogP contribution in [0.3, 0.4) is 0 Å². The van der Waals surface area contributed by atoms with Gasteiger partial charge in [-0.25, -0.2) is 4.98 Å². The fourth-order valence-electron chi connectivity index (χ4n) is 1.33. The van der Waals surface area contributed by atoms with Gasteiger partial charge in [0, 0.05) is 12.5 Å². The van der Waals surface area contributed by atoms with Crippen LogP contribution < -0.4 is 0 Å². The summed E-state index contributed by atoms with van der Waals surface area (Å²) in [6.45, 7) is -1.82. The van der Waals surface area contributed by atoms with Gasteiger partial charge in [0.25, 0.3) is 0 Å². The zero-order chi connectivity index (χ0) is 11.8. The van der Waals surface area contributed by atoms with Crippen molar-refractivity contribution in [2.45, 2.75) is 6.56 Å². The van der Waals surface area contributed by atoms with E-state index in [0.717, 1.165) is 0 Å². The summed E-state index contributed by atoms with van der Waals surface area (Å²) in [5.74, 6) is 0. The highest BCUT2D eigenvalue weighted by atomic mass is 35.5. The fraction of sp³-hybridized carbons (Fsp3) is 0.182. The van der Waals surface area contributed by atoms with E-state index in [9.17, 15) is 0 Å². The van der Waals surface area contributed by atoms with Crippen molar-refractivity contribution in [1.29, 1.82) is 0 Å². The normalized spacial score (nSPS) is 13.9. The van der Waals surface area contributed by atoms with Gasteiger partial charge in [0.2, 0.25) is 0 Å². The van der Waals surface area contributed by atoms with Crippen LogP contribution in [0.5, 0.6) is 0 Å². The summed E-state index contributed by atoms with van der Waals surface area (Å²) in [6.07, 6.45) is 0. The molecule has 0 aliphatic rings. The van der Waals surface area contributed by atoms with Crippen molar-refractivity contribution in [3.63, 3.8) is 0 Å². The molecule has 1 heterocycles. The van der Waals surface area contributed by atoms with Crippen LogP contribution in [-0.4, -0.2) is 12.1 Å². The molecule has 72 valence electrons. The van der Waals surface area contributed by atoms with Gasteiger partial charge in [-0.2, -0.15) is 0 Å².